The molecule has 2 heterocycles. The van der Waals surface area contributed by atoms with Crippen LogP contribution < -0.4 is 15.6 Å². The number of thiophene rings is 1. The third-order valence-electron chi connectivity index (χ3n) is 4.15. The standard InChI is InChI=1S/C20H21N3O5S/c1-4-27-14-9-7-6-8-13(14)22-15(24)10-23-11-21-18-16(19(23)25)12(3)17(29-18)20(26)28-5-2/h6-9,11H,4-5,10H2,1-3H3,(H,22,24). The van der Waals surface area contributed by atoms with Crippen molar-refractivity contribution in [2.75, 3.05) is 18.5 Å². The van der Waals surface area contributed by atoms with Crippen molar-refractivity contribution in [3.8, 4) is 5.75 Å². The van der Waals surface area contributed by atoms with Crippen molar-refractivity contribution in [2.45, 2.75) is 27.3 Å². The Balaban J connectivity index is 1.86. The summed E-state index contributed by atoms with van der Waals surface area (Å²) < 4.78 is 11.7. The van der Waals surface area contributed by atoms with Gasteiger partial charge in [0.05, 0.1) is 30.6 Å². The average Bonchev–Trinajstić information content (AvgIpc) is 3.03. The highest BCUT2D eigenvalue weighted by atomic mass is 32.1. The molecule has 29 heavy (non-hydrogen) atoms. The first kappa shape index (κ1) is 20.5. The van der Waals surface area contributed by atoms with Gasteiger partial charge in [-0.3, -0.25) is 14.2 Å². The minimum Gasteiger partial charge on any atom is -0.492 e. The van der Waals surface area contributed by atoms with E-state index in [1.807, 2.05) is 13.0 Å². The molecule has 1 amide bonds. The predicted octanol–water partition coefficient (Wildman–Crippen LogP) is 2.98. The fourth-order valence-electron chi connectivity index (χ4n) is 2.86. The number of fused-ring (bicyclic) bond motifs is 1. The molecular formula is C20H21N3O5S. The highest BCUT2D eigenvalue weighted by molar-refractivity contribution is 7.20. The summed E-state index contributed by atoms with van der Waals surface area (Å²) in [6.45, 7) is 5.74. The Hall–Kier alpha value is -3.20. The maximum absolute atomic E-state index is 12.9. The lowest BCUT2D eigenvalue weighted by molar-refractivity contribution is -0.116. The molecule has 0 radical (unpaired) electrons. The van der Waals surface area contributed by atoms with Gasteiger partial charge in [-0.1, -0.05) is 12.1 Å². The number of nitrogens with zero attached hydrogens (tertiary/aromatic N) is 2. The largest absolute Gasteiger partial charge is 0.492 e. The maximum Gasteiger partial charge on any atom is 0.348 e. The number of amides is 1. The number of rotatable bonds is 7. The van der Waals surface area contributed by atoms with Crippen LogP contribution in [0.1, 0.15) is 29.1 Å². The van der Waals surface area contributed by atoms with E-state index in [1.54, 1.807) is 32.0 Å². The number of esters is 1. The number of ether oxygens (including phenoxy) is 2. The molecule has 8 nitrogen and oxygen atoms in total. The van der Waals surface area contributed by atoms with Crippen LogP contribution in [0, 0.1) is 6.92 Å². The summed E-state index contributed by atoms with van der Waals surface area (Å²) in [5.41, 5.74) is 0.655. The molecule has 0 atom stereocenters. The second-order valence-electron chi connectivity index (χ2n) is 6.11. The summed E-state index contributed by atoms with van der Waals surface area (Å²) in [7, 11) is 0. The summed E-state index contributed by atoms with van der Waals surface area (Å²) in [6, 6.07) is 7.07. The molecule has 2 aromatic heterocycles. The third kappa shape index (κ3) is 4.29. The van der Waals surface area contributed by atoms with Gasteiger partial charge in [0.15, 0.2) is 0 Å². The van der Waals surface area contributed by atoms with Gasteiger partial charge in [0.1, 0.15) is 22.0 Å². The van der Waals surface area contributed by atoms with Gasteiger partial charge in [0.2, 0.25) is 5.91 Å². The van der Waals surface area contributed by atoms with E-state index in [0.717, 1.165) is 11.3 Å². The molecule has 0 saturated heterocycles. The van der Waals surface area contributed by atoms with Gasteiger partial charge >= 0.3 is 5.97 Å². The van der Waals surface area contributed by atoms with Crippen molar-refractivity contribution in [2.24, 2.45) is 0 Å². The van der Waals surface area contributed by atoms with Gasteiger partial charge in [-0.05, 0) is 38.5 Å². The van der Waals surface area contributed by atoms with Crippen LogP contribution in [-0.4, -0.2) is 34.6 Å². The molecule has 9 heteroatoms. The molecule has 0 aliphatic carbocycles. The predicted molar refractivity (Wildman–Crippen MR) is 111 cm³/mol. The minimum absolute atomic E-state index is 0.216. The van der Waals surface area contributed by atoms with Gasteiger partial charge in [-0.2, -0.15) is 0 Å². The van der Waals surface area contributed by atoms with Gasteiger partial charge in [-0.15, -0.1) is 11.3 Å². The van der Waals surface area contributed by atoms with Crippen molar-refractivity contribution in [1.82, 2.24) is 9.55 Å². The van der Waals surface area contributed by atoms with Gasteiger partial charge < -0.3 is 14.8 Å². The monoisotopic (exact) mass is 415 g/mol. The number of para-hydroxylation sites is 2. The summed E-state index contributed by atoms with van der Waals surface area (Å²) in [6.07, 6.45) is 1.31. The first-order valence-electron chi connectivity index (χ1n) is 9.13. The van der Waals surface area contributed by atoms with E-state index >= 15 is 0 Å². The molecule has 0 saturated carbocycles. The quantitative estimate of drug-likeness (QED) is 0.596. The van der Waals surface area contributed by atoms with E-state index in [4.69, 9.17) is 9.47 Å². The van der Waals surface area contributed by atoms with E-state index in [0.29, 0.717) is 38.7 Å². The molecule has 1 aromatic carbocycles. The van der Waals surface area contributed by atoms with Crippen molar-refractivity contribution in [3.05, 3.63) is 51.4 Å². The highest BCUT2D eigenvalue weighted by Crippen LogP contribution is 2.27. The summed E-state index contributed by atoms with van der Waals surface area (Å²) in [4.78, 5) is 42.5. The molecule has 0 bridgehead atoms. The first-order valence-corrected chi connectivity index (χ1v) is 9.95. The number of hydrogen-bond acceptors (Lipinski definition) is 7. The van der Waals surface area contributed by atoms with E-state index < -0.39 is 5.97 Å². The SMILES string of the molecule is CCOC(=O)c1sc2ncn(CC(=O)Nc3ccccc3OCC)c(=O)c2c1C. The van der Waals surface area contributed by atoms with E-state index in [9.17, 15) is 14.4 Å². The summed E-state index contributed by atoms with van der Waals surface area (Å²) in [5, 5.41) is 3.07. The van der Waals surface area contributed by atoms with Crippen LogP contribution in [0.25, 0.3) is 10.2 Å². The number of carbonyl (C=O) groups excluding carboxylic acids is 2. The molecule has 0 aliphatic heterocycles. The summed E-state index contributed by atoms with van der Waals surface area (Å²) in [5.74, 6) is -0.319. The number of anilines is 1. The van der Waals surface area contributed by atoms with Crippen molar-refractivity contribution >= 4 is 39.1 Å². The van der Waals surface area contributed by atoms with Crippen LogP contribution in [0.15, 0.2) is 35.4 Å². The van der Waals surface area contributed by atoms with Crippen LogP contribution in [0.3, 0.4) is 0 Å². The Morgan fingerprint density at radius 1 is 1.21 bits per heavy atom. The maximum atomic E-state index is 12.9. The number of aryl methyl sites for hydroxylation is 1. The molecule has 1 N–H and O–H groups in total. The molecule has 0 unspecified atom stereocenters. The fourth-order valence-corrected chi connectivity index (χ4v) is 3.89. The lowest BCUT2D eigenvalue weighted by Crippen LogP contribution is -2.28. The van der Waals surface area contributed by atoms with Gasteiger partial charge in [0, 0.05) is 0 Å². The third-order valence-corrected chi connectivity index (χ3v) is 5.33. The van der Waals surface area contributed by atoms with Crippen molar-refractivity contribution in [1.29, 1.82) is 0 Å². The Bertz CT molecular complexity index is 1120. The van der Waals surface area contributed by atoms with E-state index in [1.165, 1.54) is 10.9 Å². The zero-order valence-electron chi connectivity index (χ0n) is 16.4. The Morgan fingerprint density at radius 3 is 2.69 bits per heavy atom. The molecule has 0 aliphatic rings. The Labute approximate surface area is 171 Å². The topological polar surface area (TPSA) is 99.5 Å². The normalized spacial score (nSPS) is 10.7. The van der Waals surface area contributed by atoms with Gasteiger partial charge in [0.25, 0.3) is 5.56 Å². The smallest absolute Gasteiger partial charge is 0.348 e. The van der Waals surface area contributed by atoms with Crippen LogP contribution in [0.4, 0.5) is 5.69 Å². The zero-order valence-corrected chi connectivity index (χ0v) is 17.2. The lowest BCUT2D eigenvalue weighted by atomic mass is 10.2. The molecule has 0 fully saturated rings. The van der Waals surface area contributed by atoms with Crippen LogP contribution in [0.2, 0.25) is 0 Å². The average molecular weight is 415 g/mol. The van der Waals surface area contributed by atoms with Crippen molar-refractivity contribution in [3.63, 3.8) is 0 Å². The number of carbonyl (C=O) groups is 2. The highest BCUT2D eigenvalue weighted by Gasteiger charge is 2.21. The number of hydrogen-bond donors (Lipinski definition) is 1. The Kier molecular flexibility index (Phi) is 6.28. The first-order chi connectivity index (χ1) is 14.0. The number of benzene rings is 1. The lowest BCUT2D eigenvalue weighted by Gasteiger charge is -2.11. The molecular weight excluding hydrogens is 394 g/mol. The second kappa shape index (κ2) is 8.87. The number of nitrogens with one attached hydrogen (secondary N) is 1. The zero-order chi connectivity index (χ0) is 21.0. The molecule has 0 spiro atoms. The molecule has 3 rings (SSSR count). The Morgan fingerprint density at radius 2 is 1.97 bits per heavy atom. The second-order valence-corrected chi connectivity index (χ2v) is 7.11. The van der Waals surface area contributed by atoms with Crippen LogP contribution >= 0.6 is 11.3 Å². The van der Waals surface area contributed by atoms with E-state index in [-0.39, 0.29) is 24.6 Å². The van der Waals surface area contributed by atoms with E-state index in [2.05, 4.69) is 10.3 Å². The van der Waals surface area contributed by atoms with Crippen molar-refractivity contribution < 1.29 is 19.1 Å². The van der Waals surface area contributed by atoms with Crippen LogP contribution in [-0.2, 0) is 16.1 Å². The summed E-state index contributed by atoms with van der Waals surface area (Å²) >= 11 is 1.11. The fraction of sp³-hybridized carbons (Fsp3) is 0.300. The van der Waals surface area contributed by atoms with Crippen LogP contribution in [0.5, 0.6) is 5.75 Å². The molecule has 152 valence electrons. The number of aromatic nitrogens is 2. The molecule has 3 aromatic rings. The minimum atomic E-state index is -0.482. The van der Waals surface area contributed by atoms with Gasteiger partial charge in [-0.25, -0.2) is 9.78 Å².